The zero-order valence-corrected chi connectivity index (χ0v) is 18.7. The van der Waals surface area contributed by atoms with Gasteiger partial charge in [0.25, 0.3) is 5.56 Å². The first kappa shape index (κ1) is 21.9. The van der Waals surface area contributed by atoms with Crippen molar-refractivity contribution in [2.45, 2.75) is 26.2 Å². The molecule has 3 aromatic rings. The van der Waals surface area contributed by atoms with E-state index in [2.05, 4.69) is 25.9 Å². The van der Waals surface area contributed by atoms with Gasteiger partial charge in [-0.2, -0.15) is 4.98 Å². The Morgan fingerprint density at radius 3 is 2.53 bits per heavy atom. The monoisotopic (exact) mass is 471 g/mol. The van der Waals surface area contributed by atoms with Gasteiger partial charge < -0.3 is 16.0 Å². The van der Waals surface area contributed by atoms with E-state index >= 15 is 0 Å². The fraction of sp³-hybridized carbons (Fsp3) is 0.182. The number of hydrogen-bond acceptors (Lipinski definition) is 5. The van der Waals surface area contributed by atoms with Crippen LogP contribution in [0.4, 0.5) is 23.1 Å². The number of anilines is 4. The van der Waals surface area contributed by atoms with Crippen LogP contribution in [0, 0.1) is 13.8 Å². The molecule has 4 rings (SSSR count). The number of aromatic amines is 1. The minimum Gasteiger partial charge on any atom is -0.326 e. The lowest BCUT2D eigenvalue weighted by Crippen LogP contribution is -2.36. The molecule has 164 valence electrons. The molecule has 1 aromatic heterocycles. The van der Waals surface area contributed by atoms with Gasteiger partial charge in [-0.25, -0.2) is 0 Å². The standard InChI is InChI=1S/C22H19Cl2N5O3/c1-10-3-4-11(2)16(5-10)26-20(31)15-9-17(30)27-19-18(15)21(32)29-22(28-19)25-14-7-12(23)6-13(24)8-14/h3-8,15H,9H2,1-2H3,(H,26,31)(H3,25,27,28,29,30,32)/t15-/m1/s1. The van der Waals surface area contributed by atoms with Crippen molar-refractivity contribution in [1.29, 1.82) is 0 Å². The molecule has 0 fully saturated rings. The average molecular weight is 472 g/mol. The van der Waals surface area contributed by atoms with Crippen LogP contribution in [0.25, 0.3) is 0 Å². The van der Waals surface area contributed by atoms with Gasteiger partial charge in [0.15, 0.2) is 0 Å². The molecule has 4 N–H and O–H groups in total. The predicted octanol–water partition coefficient (Wildman–Crippen LogP) is 4.50. The van der Waals surface area contributed by atoms with Gasteiger partial charge in [-0.15, -0.1) is 0 Å². The van der Waals surface area contributed by atoms with Crippen LogP contribution in [0.2, 0.25) is 10.0 Å². The second-order valence-electron chi connectivity index (χ2n) is 7.57. The van der Waals surface area contributed by atoms with Crippen molar-refractivity contribution in [2.75, 3.05) is 16.0 Å². The number of fused-ring (bicyclic) bond motifs is 1. The summed E-state index contributed by atoms with van der Waals surface area (Å²) in [6.45, 7) is 3.78. The second-order valence-corrected chi connectivity index (χ2v) is 8.45. The highest BCUT2D eigenvalue weighted by Crippen LogP contribution is 2.31. The van der Waals surface area contributed by atoms with E-state index in [-0.39, 0.29) is 23.8 Å². The number of nitrogens with one attached hydrogen (secondary N) is 4. The van der Waals surface area contributed by atoms with E-state index in [1.165, 1.54) is 0 Å². The molecule has 10 heteroatoms. The number of hydrogen-bond donors (Lipinski definition) is 4. The van der Waals surface area contributed by atoms with Crippen LogP contribution in [-0.4, -0.2) is 21.8 Å². The molecule has 1 aliphatic rings. The normalized spacial score (nSPS) is 15.0. The molecule has 0 bridgehead atoms. The number of carbonyl (C=O) groups is 2. The molecule has 2 aromatic carbocycles. The number of H-pyrrole nitrogens is 1. The summed E-state index contributed by atoms with van der Waals surface area (Å²) in [5.41, 5.74) is 2.54. The third-order valence-corrected chi connectivity index (χ3v) is 5.48. The quantitative estimate of drug-likeness (QED) is 0.446. The Labute approximate surface area is 193 Å². The summed E-state index contributed by atoms with van der Waals surface area (Å²) in [6, 6.07) is 10.4. The zero-order valence-electron chi connectivity index (χ0n) is 17.2. The van der Waals surface area contributed by atoms with E-state index in [0.29, 0.717) is 21.4 Å². The molecule has 0 spiro atoms. The minimum atomic E-state index is -0.982. The van der Waals surface area contributed by atoms with E-state index in [1.807, 2.05) is 32.0 Å². The van der Waals surface area contributed by atoms with Gasteiger partial charge in [-0.05, 0) is 49.2 Å². The smallest absolute Gasteiger partial charge is 0.258 e. The highest BCUT2D eigenvalue weighted by molar-refractivity contribution is 6.35. The maximum Gasteiger partial charge on any atom is 0.258 e. The number of benzene rings is 2. The Bertz CT molecular complexity index is 1280. The SMILES string of the molecule is Cc1ccc(C)c(NC(=O)[C@@H]2CC(=O)Nc3nc(Nc4cc(Cl)cc(Cl)c4)[nH]c(=O)c32)c1. The Hall–Kier alpha value is -3.36. The number of rotatable bonds is 4. The Morgan fingerprint density at radius 2 is 1.81 bits per heavy atom. The molecule has 8 nitrogen and oxygen atoms in total. The van der Waals surface area contributed by atoms with Crippen LogP contribution in [0.3, 0.4) is 0 Å². The summed E-state index contributed by atoms with van der Waals surface area (Å²) in [4.78, 5) is 45.1. The Kier molecular flexibility index (Phi) is 5.90. The van der Waals surface area contributed by atoms with Crippen molar-refractivity contribution >= 4 is 58.2 Å². The summed E-state index contributed by atoms with van der Waals surface area (Å²) in [7, 11) is 0. The van der Waals surface area contributed by atoms with Crippen LogP contribution in [0.1, 0.15) is 29.0 Å². The first-order valence-corrected chi connectivity index (χ1v) is 10.5. The molecular formula is C22H19Cl2N5O3. The van der Waals surface area contributed by atoms with E-state index < -0.39 is 23.3 Å². The molecular weight excluding hydrogens is 453 g/mol. The van der Waals surface area contributed by atoms with Crippen LogP contribution >= 0.6 is 23.2 Å². The largest absolute Gasteiger partial charge is 0.326 e. The minimum absolute atomic E-state index is 0.0294. The third kappa shape index (κ3) is 4.61. The molecule has 0 saturated carbocycles. The first-order chi connectivity index (χ1) is 15.2. The fourth-order valence-corrected chi connectivity index (χ4v) is 4.03. The maximum atomic E-state index is 13.0. The van der Waals surface area contributed by atoms with Crippen molar-refractivity contribution in [3.63, 3.8) is 0 Å². The summed E-state index contributed by atoms with van der Waals surface area (Å²) >= 11 is 12.0. The predicted molar refractivity (Wildman–Crippen MR) is 125 cm³/mol. The molecule has 0 unspecified atom stereocenters. The number of nitrogens with zero attached hydrogens (tertiary/aromatic N) is 1. The van der Waals surface area contributed by atoms with Crippen LogP contribution < -0.4 is 21.5 Å². The highest BCUT2D eigenvalue weighted by Gasteiger charge is 2.35. The van der Waals surface area contributed by atoms with Crippen molar-refractivity contribution in [2.24, 2.45) is 0 Å². The van der Waals surface area contributed by atoms with Crippen LogP contribution in [0.5, 0.6) is 0 Å². The van der Waals surface area contributed by atoms with Crippen molar-refractivity contribution in [3.05, 3.63) is 73.5 Å². The highest BCUT2D eigenvalue weighted by atomic mass is 35.5. The van der Waals surface area contributed by atoms with Gasteiger partial charge in [-0.3, -0.25) is 19.4 Å². The maximum absolute atomic E-state index is 13.0. The Balaban J connectivity index is 1.66. The van der Waals surface area contributed by atoms with E-state index in [0.717, 1.165) is 11.1 Å². The number of aromatic nitrogens is 2. The third-order valence-electron chi connectivity index (χ3n) is 5.04. The number of amides is 2. The number of halogens is 2. The van der Waals surface area contributed by atoms with E-state index in [4.69, 9.17) is 23.2 Å². The summed E-state index contributed by atoms with van der Waals surface area (Å²) in [5.74, 6) is -1.74. The number of aryl methyl sites for hydroxylation is 2. The van der Waals surface area contributed by atoms with Crippen molar-refractivity contribution in [3.8, 4) is 0 Å². The first-order valence-electron chi connectivity index (χ1n) is 9.75. The molecule has 2 amide bonds. The molecule has 1 aliphatic heterocycles. The van der Waals surface area contributed by atoms with Crippen molar-refractivity contribution in [1.82, 2.24) is 9.97 Å². The summed E-state index contributed by atoms with van der Waals surface area (Å²) in [6.07, 6.45) is -0.162. The zero-order chi connectivity index (χ0) is 23.0. The second kappa shape index (κ2) is 8.64. The van der Waals surface area contributed by atoms with Gasteiger partial charge >= 0.3 is 0 Å². The van der Waals surface area contributed by atoms with E-state index in [9.17, 15) is 14.4 Å². The van der Waals surface area contributed by atoms with Crippen molar-refractivity contribution < 1.29 is 9.59 Å². The van der Waals surface area contributed by atoms with Crippen LogP contribution in [-0.2, 0) is 9.59 Å². The molecule has 0 aliphatic carbocycles. The van der Waals surface area contributed by atoms with Crippen LogP contribution in [0.15, 0.2) is 41.2 Å². The molecule has 2 heterocycles. The topological polar surface area (TPSA) is 116 Å². The summed E-state index contributed by atoms with van der Waals surface area (Å²) < 4.78 is 0. The average Bonchev–Trinajstić information content (AvgIpc) is 2.69. The van der Waals surface area contributed by atoms with Gasteiger partial charge in [0, 0.05) is 27.8 Å². The fourth-order valence-electron chi connectivity index (χ4n) is 3.51. The number of carbonyl (C=O) groups excluding carboxylic acids is 2. The molecule has 1 atom stereocenters. The lowest BCUT2D eigenvalue weighted by molar-refractivity contribution is -0.123. The summed E-state index contributed by atoms with van der Waals surface area (Å²) in [5, 5.41) is 9.11. The molecule has 0 radical (unpaired) electrons. The van der Waals surface area contributed by atoms with Gasteiger partial charge in [-0.1, -0.05) is 35.3 Å². The lowest BCUT2D eigenvalue weighted by atomic mass is 9.92. The van der Waals surface area contributed by atoms with Gasteiger partial charge in [0.2, 0.25) is 17.8 Å². The Morgan fingerprint density at radius 1 is 1.09 bits per heavy atom. The molecule has 0 saturated heterocycles. The lowest BCUT2D eigenvalue weighted by Gasteiger charge is -2.24. The van der Waals surface area contributed by atoms with E-state index in [1.54, 1.807) is 18.2 Å². The van der Waals surface area contributed by atoms with Gasteiger partial charge in [0.05, 0.1) is 11.5 Å². The molecule has 32 heavy (non-hydrogen) atoms. The van der Waals surface area contributed by atoms with Gasteiger partial charge in [0.1, 0.15) is 5.82 Å².